The first-order chi connectivity index (χ1) is 34.9. The van der Waals surface area contributed by atoms with Crippen LogP contribution in [0.4, 0.5) is 4.79 Å². The van der Waals surface area contributed by atoms with Gasteiger partial charge in [0.2, 0.25) is 11.8 Å². The zero-order valence-electron chi connectivity index (χ0n) is 44.7. The summed E-state index contributed by atoms with van der Waals surface area (Å²) >= 11 is 0. The third-order valence-electron chi connectivity index (χ3n) is 16.2. The van der Waals surface area contributed by atoms with Gasteiger partial charge in [-0.25, -0.2) is 10.1 Å². The lowest BCUT2D eigenvalue weighted by Gasteiger charge is -2.58. The molecule has 3 unspecified atom stereocenters. The van der Waals surface area contributed by atoms with Gasteiger partial charge in [0, 0.05) is 38.8 Å². The summed E-state index contributed by atoms with van der Waals surface area (Å²) in [7, 11) is 0. The van der Waals surface area contributed by atoms with Crippen molar-refractivity contribution in [3.05, 3.63) is 47.5 Å². The van der Waals surface area contributed by atoms with Crippen LogP contribution in [-0.2, 0) is 58.7 Å². The second kappa shape index (κ2) is 32.8. The van der Waals surface area contributed by atoms with Gasteiger partial charge in [0.25, 0.3) is 0 Å². The number of allylic oxidation sites excluding steroid dienone is 1. The molecule has 5 rings (SSSR count). The van der Waals surface area contributed by atoms with Gasteiger partial charge >= 0.3 is 6.09 Å². The SMILES string of the molecule is CC(C)CCC[C@@H](C)[C@H]1CCC2C3CC=C4C[C@@H](OC(=O)NCCOCCOCCOCCOCCOCCOCCOCCNC(=O)CCC(=O)[N][C@H](C=O)Cc5ccccc5)CC[C@]4(C)C3CC[C@@]21C. The predicted octanol–water partition coefficient (Wildman–Crippen LogP) is 8.08. The summed E-state index contributed by atoms with van der Waals surface area (Å²) in [6.07, 6.45) is 16.9. The van der Waals surface area contributed by atoms with E-state index in [0.29, 0.717) is 124 Å². The first-order valence-electron chi connectivity index (χ1n) is 27.6. The fourth-order valence-corrected chi connectivity index (χ4v) is 12.4. The molecule has 2 N–H and O–H groups in total. The van der Waals surface area contributed by atoms with Crippen LogP contribution in [0.1, 0.15) is 124 Å². The van der Waals surface area contributed by atoms with Gasteiger partial charge in [-0.1, -0.05) is 95.9 Å². The molecule has 15 heteroatoms. The second-order valence-corrected chi connectivity index (χ2v) is 21.5. The Bertz CT molecular complexity index is 1750. The van der Waals surface area contributed by atoms with Gasteiger partial charge in [0.1, 0.15) is 18.4 Å². The van der Waals surface area contributed by atoms with Crippen LogP contribution in [0.5, 0.6) is 0 Å². The van der Waals surface area contributed by atoms with Crippen molar-refractivity contribution in [2.75, 3.05) is 106 Å². The van der Waals surface area contributed by atoms with E-state index in [2.05, 4.69) is 56.6 Å². The molecule has 15 nitrogen and oxygen atoms in total. The standard InChI is InChI=1S/C57H92N3O12/c1-43(2)10-9-11-44(3)50-16-17-51-49-15-14-46-41-48(20-22-56(46,4)52(49)21-23-57(50,51)5)72-55(64)59-25-27-66-29-31-68-33-35-70-37-39-71-38-36-69-34-32-67-30-28-65-26-24-58-53(62)18-19-54(63)60-47(42-61)40-45-12-7-6-8-13-45/h6-8,12-14,42-44,47-52H,9-11,15-41H2,1-5H3,(H,58,62)(H,59,64)/t44-,47+,48+,49?,50-,51?,52?,56+,57-/m1/s1. The summed E-state index contributed by atoms with van der Waals surface area (Å²) in [4.78, 5) is 48.2. The Kier molecular flexibility index (Phi) is 27.1. The molecule has 1 aromatic carbocycles. The lowest BCUT2D eigenvalue weighted by molar-refractivity contribution is -0.127. The molecule has 3 fully saturated rings. The second-order valence-electron chi connectivity index (χ2n) is 21.5. The van der Waals surface area contributed by atoms with E-state index in [1.165, 1.54) is 51.4 Å². The molecular formula is C57H92N3O12. The number of nitrogens with one attached hydrogen (secondary N) is 2. The van der Waals surface area contributed by atoms with Crippen LogP contribution in [0.25, 0.3) is 0 Å². The number of amides is 3. The van der Waals surface area contributed by atoms with Gasteiger partial charge in [0.15, 0.2) is 0 Å². The van der Waals surface area contributed by atoms with E-state index in [1.54, 1.807) is 5.57 Å². The Morgan fingerprint density at radius 1 is 0.694 bits per heavy atom. The number of nitrogens with zero attached hydrogens (tertiary/aromatic N) is 1. The number of hydrogen-bond acceptors (Lipinski definition) is 12. The summed E-state index contributed by atoms with van der Waals surface area (Å²) in [5, 5.41) is 9.51. The van der Waals surface area contributed by atoms with E-state index in [0.717, 1.165) is 60.3 Å². The molecule has 0 spiro atoms. The molecular weight excluding hydrogens is 919 g/mol. The molecule has 1 radical (unpaired) electrons. The van der Waals surface area contributed by atoms with E-state index in [-0.39, 0.29) is 36.4 Å². The number of carbonyl (C=O) groups is 4. The van der Waals surface area contributed by atoms with Crippen LogP contribution < -0.4 is 16.0 Å². The Morgan fingerprint density at radius 3 is 1.86 bits per heavy atom. The monoisotopic (exact) mass is 1010 g/mol. The number of carbonyl (C=O) groups excluding carboxylic acids is 4. The van der Waals surface area contributed by atoms with Crippen molar-refractivity contribution in [1.82, 2.24) is 16.0 Å². The number of rotatable bonds is 37. The average molecular weight is 1010 g/mol. The number of benzene rings is 1. The maximum atomic E-state index is 12.7. The Hall–Kier alpha value is -3.44. The maximum absolute atomic E-state index is 12.7. The fraction of sp³-hybridized carbons (Fsp3) is 0.789. The quantitative estimate of drug-likeness (QED) is 0.0373. The normalized spacial score (nSPS) is 25.4. The number of hydrogen-bond donors (Lipinski definition) is 2. The van der Waals surface area contributed by atoms with E-state index in [4.69, 9.17) is 37.9 Å². The predicted molar refractivity (Wildman–Crippen MR) is 276 cm³/mol. The molecule has 4 aliphatic rings. The molecule has 72 heavy (non-hydrogen) atoms. The van der Waals surface area contributed by atoms with Crippen molar-refractivity contribution in [1.29, 1.82) is 0 Å². The molecule has 3 amide bonds. The smallest absolute Gasteiger partial charge is 0.407 e. The van der Waals surface area contributed by atoms with E-state index < -0.39 is 11.9 Å². The Labute approximate surface area is 432 Å². The summed E-state index contributed by atoms with van der Waals surface area (Å²) < 4.78 is 44.8. The highest BCUT2D eigenvalue weighted by molar-refractivity contribution is 5.85. The van der Waals surface area contributed by atoms with Crippen LogP contribution in [0.2, 0.25) is 0 Å². The average Bonchev–Trinajstić information content (AvgIpc) is 3.73. The largest absolute Gasteiger partial charge is 0.446 e. The summed E-state index contributed by atoms with van der Waals surface area (Å²) in [6, 6.07) is 8.59. The first-order valence-corrected chi connectivity index (χ1v) is 27.6. The molecule has 9 atom stereocenters. The van der Waals surface area contributed by atoms with Gasteiger partial charge in [-0.3, -0.25) is 9.59 Å². The molecule has 3 saturated carbocycles. The lowest BCUT2D eigenvalue weighted by Crippen LogP contribution is -2.51. The summed E-state index contributed by atoms with van der Waals surface area (Å²) in [6.45, 7) is 19.1. The number of aldehydes is 1. The highest BCUT2D eigenvalue weighted by Gasteiger charge is 2.59. The lowest BCUT2D eigenvalue weighted by atomic mass is 9.47. The number of ether oxygens (including phenoxy) is 8. The van der Waals surface area contributed by atoms with E-state index >= 15 is 0 Å². The van der Waals surface area contributed by atoms with Crippen LogP contribution in [0.15, 0.2) is 42.0 Å². The minimum absolute atomic E-state index is 0.00436. The minimum Gasteiger partial charge on any atom is -0.446 e. The zero-order valence-corrected chi connectivity index (χ0v) is 44.7. The molecule has 0 saturated heterocycles. The molecule has 0 aliphatic heterocycles. The van der Waals surface area contributed by atoms with Gasteiger partial charge < -0.3 is 53.3 Å². The molecule has 0 bridgehead atoms. The van der Waals surface area contributed by atoms with Crippen molar-refractivity contribution < 1.29 is 57.1 Å². The molecule has 1 aromatic rings. The maximum Gasteiger partial charge on any atom is 0.407 e. The highest BCUT2D eigenvalue weighted by Crippen LogP contribution is 2.67. The van der Waals surface area contributed by atoms with Gasteiger partial charge in [-0.05, 0) is 96.8 Å². The van der Waals surface area contributed by atoms with Crippen molar-refractivity contribution in [3.8, 4) is 0 Å². The number of alkyl carbamates (subject to hydrolysis) is 1. The van der Waals surface area contributed by atoms with Gasteiger partial charge in [-0.15, -0.1) is 0 Å². The van der Waals surface area contributed by atoms with Crippen LogP contribution >= 0.6 is 0 Å². The number of fused-ring (bicyclic) bond motifs is 5. The van der Waals surface area contributed by atoms with Crippen molar-refractivity contribution in [2.45, 2.75) is 137 Å². The van der Waals surface area contributed by atoms with Gasteiger partial charge in [-0.2, -0.15) is 0 Å². The highest BCUT2D eigenvalue weighted by atomic mass is 16.6. The van der Waals surface area contributed by atoms with E-state index in [9.17, 15) is 19.2 Å². The molecule has 407 valence electrons. The summed E-state index contributed by atoms with van der Waals surface area (Å²) in [5.74, 6) is 4.18. The van der Waals surface area contributed by atoms with E-state index in [1.807, 2.05) is 30.3 Å². The fourth-order valence-electron chi connectivity index (χ4n) is 12.4. The zero-order chi connectivity index (χ0) is 51.4. The van der Waals surface area contributed by atoms with Crippen LogP contribution in [0, 0.1) is 46.3 Å². The Balaban J connectivity index is 0.747. The third-order valence-corrected chi connectivity index (χ3v) is 16.2. The van der Waals surface area contributed by atoms with Gasteiger partial charge in [0.05, 0.1) is 92.5 Å². The summed E-state index contributed by atoms with van der Waals surface area (Å²) in [5.41, 5.74) is 3.19. The topological polar surface area (TPSA) is 180 Å². The first kappa shape index (κ1) is 59.4. The Morgan fingerprint density at radius 2 is 1.28 bits per heavy atom. The third kappa shape index (κ3) is 20.0. The van der Waals surface area contributed by atoms with Crippen molar-refractivity contribution in [2.24, 2.45) is 46.3 Å². The minimum atomic E-state index is -0.755. The van der Waals surface area contributed by atoms with Crippen molar-refractivity contribution in [3.63, 3.8) is 0 Å². The molecule has 0 heterocycles. The van der Waals surface area contributed by atoms with Crippen LogP contribution in [0.3, 0.4) is 0 Å². The molecule has 0 aromatic heterocycles. The van der Waals surface area contributed by atoms with Crippen LogP contribution in [-0.4, -0.2) is 142 Å². The van der Waals surface area contributed by atoms with Crippen molar-refractivity contribution >= 4 is 24.2 Å². The molecule has 4 aliphatic carbocycles.